The van der Waals surface area contributed by atoms with Crippen LogP contribution in [0.25, 0.3) is 11.0 Å². The van der Waals surface area contributed by atoms with Crippen molar-refractivity contribution < 1.29 is 4.39 Å². The fraction of sp³-hybridized carbons (Fsp3) is 0.400. The molecular weight excluding hydrogens is 343 g/mol. The van der Waals surface area contributed by atoms with Gasteiger partial charge in [-0.25, -0.2) is 14.4 Å². The first kappa shape index (κ1) is 17.7. The maximum absolute atomic E-state index is 13.9. The van der Waals surface area contributed by atoms with Gasteiger partial charge in [0, 0.05) is 43.0 Å². The van der Waals surface area contributed by atoms with Crippen LogP contribution in [-0.2, 0) is 0 Å². The summed E-state index contributed by atoms with van der Waals surface area (Å²) in [4.78, 5) is 17.3. The van der Waals surface area contributed by atoms with Crippen molar-refractivity contribution in [3.63, 3.8) is 0 Å². The van der Waals surface area contributed by atoms with Crippen LogP contribution < -0.4 is 10.6 Å². The van der Waals surface area contributed by atoms with E-state index in [0.29, 0.717) is 6.42 Å². The SMILES string of the molecule is FC1CC(c2ccccn2)C(CCCCNc2ncnc3cccnc23)N1. The zero-order valence-corrected chi connectivity index (χ0v) is 15.1. The summed E-state index contributed by atoms with van der Waals surface area (Å²) in [5.41, 5.74) is 2.59. The number of hydrogen-bond acceptors (Lipinski definition) is 6. The average Bonchev–Trinajstić information content (AvgIpc) is 3.09. The summed E-state index contributed by atoms with van der Waals surface area (Å²) in [5.74, 6) is 0.902. The molecule has 4 rings (SSSR count). The lowest BCUT2D eigenvalue weighted by atomic mass is 9.92. The summed E-state index contributed by atoms with van der Waals surface area (Å²) in [7, 11) is 0. The predicted molar refractivity (Wildman–Crippen MR) is 103 cm³/mol. The molecule has 3 atom stereocenters. The highest BCUT2D eigenvalue weighted by Gasteiger charge is 2.34. The van der Waals surface area contributed by atoms with E-state index in [9.17, 15) is 4.39 Å². The van der Waals surface area contributed by atoms with Gasteiger partial charge in [0.25, 0.3) is 0 Å². The second kappa shape index (κ2) is 8.35. The van der Waals surface area contributed by atoms with Crippen molar-refractivity contribution in [2.75, 3.05) is 11.9 Å². The highest BCUT2D eigenvalue weighted by atomic mass is 19.1. The highest BCUT2D eigenvalue weighted by molar-refractivity contribution is 5.84. The molecule has 0 saturated carbocycles. The quantitative estimate of drug-likeness (QED) is 0.493. The van der Waals surface area contributed by atoms with Crippen molar-refractivity contribution in [3.8, 4) is 0 Å². The van der Waals surface area contributed by atoms with Crippen molar-refractivity contribution in [2.24, 2.45) is 0 Å². The molecule has 1 saturated heterocycles. The Labute approximate surface area is 157 Å². The number of unbranched alkanes of at least 4 members (excludes halogenated alkanes) is 1. The lowest BCUT2D eigenvalue weighted by Gasteiger charge is -2.18. The fourth-order valence-electron chi connectivity index (χ4n) is 3.73. The lowest BCUT2D eigenvalue weighted by molar-refractivity contribution is 0.295. The number of pyridine rings is 2. The molecule has 0 amide bonds. The maximum Gasteiger partial charge on any atom is 0.156 e. The van der Waals surface area contributed by atoms with Gasteiger partial charge in [-0.05, 0) is 37.1 Å². The van der Waals surface area contributed by atoms with Crippen LogP contribution in [0.3, 0.4) is 0 Å². The second-order valence-corrected chi connectivity index (χ2v) is 6.85. The Kier molecular flexibility index (Phi) is 5.48. The van der Waals surface area contributed by atoms with Gasteiger partial charge in [0.05, 0.1) is 5.52 Å². The number of nitrogens with one attached hydrogen (secondary N) is 2. The number of halogens is 1. The van der Waals surface area contributed by atoms with E-state index in [1.165, 1.54) is 0 Å². The monoisotopic (exact) mass is 366 g/mol. The molecule has 27 heavy (non-hydrogen) atoms. The van der Waals surface area contributed by atoms with E-state index in [-0.39, 0.29) is 12.0 Å². The summed E-state index contributed by atoms with van der Waals surface area (Å²) < 4.78 is 13.9. The molecule has 1 aliphatic rings. The summed E-state index contributed by atoms with van der Waals surface area (Å²) in [6, 6.07) is 9.78. The normalized spacial score (nSPS) is 22.2. The van der Waals surface area contributed by atoms with Crippen LogP contribution in [0.15, 0.2) is 49.1 Å². The molecule has 3 aromatic heterocycles. The van der Waals surface area contributed by atoms with Gasteiger partial charge in [0.15, 0.2) is 12.1 Å². The number of aromatic nitrogens is 4. The number of fused-ring (bicyclic) bond motifs is 1. The molecular formula is C20H23FN6. The highest BCUT2D eigenvalue weighted by Crippen LogP contribution is 2.32. The van der Waals surface area contributed by atoms with Gasteiger partial charge < -0.3 is 5.32 Å². The zero-order valence-electron chi connectivity index (χ0n) is 15.1. The fourth-order valence-corrected chi connectivity index (χ4v) is 3.73. The van der Waals surface area contributed by atoms with E-state index in [1.807, 2.05) is 30.3 Å². The molecule has 0 spiro atoms. The first-order chi connectivity index (χ1) is 13.3. The van der Waals surface area contributed by atoms with E-state index < -0.39 is 6.30 Å². The molecule has 7 heteroatoms. The lowest BCUT2D eigenvalue weighted by Crippen LogP contribution is -2.29. The standard InChI is InChI=1S/C20H23FN6/c21-18-12-14(15-6-1-3-9-22-15)16(27-18)7-2-4-10-24-20-19-17(25-13-26-20)8-5-11-23-19/h1,3,5-6,8-9,11,13-14,16,18,27H,2,4,7,10,12H2,(H,24,25,26). The molecule has 6 nitrogen and oxygen atoms in total. The minimum atomic E-state index is -0.946. The van der Waals surface area contributed by atoms with Crippen molar-refractivity contribution in [1.29, 1.82) is 0 Å². The van der Waals surface area contributed by atoms with E-state index in [4.69, 9.17) is 0 Å². The Balaban J connectivity index is 1.28. The second-order valence-electron chi connectivity index (χ2n) is 6.85. The van der Waals surface area contributed by atoms with Crippen LogP contribution in [0.2, 0.25) is 0 Å². The smallest absolute Gasteiger partial charge is 0.156 e. The largest absolute Gasteiger partial charge is 0.368 e. The molecule has 3 aromatic rings. The molecule has 0 radical (unpaired) electrons. The first-order valence-electron chi connectivity index (χ1n) is 9.42. The zero-order chi connectivity index (χ0) is 18.5. The van der Waals surface area contributed by atoms with Gasteiger partial charge in [-0.3, -0.25) is 15.3 Å². The minimum absolute atomic E-state index is 0.136. The molecule has 0 aromatic carbocycles. The molecule has 3 unspecified atom stereocenters. The van der Waals surface area contributed by atoms with E-state index >= 15 is 0 Å². The summed E-state index contributed by atoms with van der Waals surface area (Å²) in [5, 5.41) is 6.42. The maximum atomic E-state index is 13.9. The van der Waals surface area contributed by atoms with Gasteiger partial charge in [-0.15, -0.1) is 0 Å². The number of nitrogens with zero attached hydrogens (tertiary/aromatic N) is 4. The van der Waals surface area contributed by atoms with Crippen LogP contribution in [0.4, 0.5) is 10.2 Å². The van der Waals surface area contributed by atoms with E-state index in [2.05, 4.69) is 30.6 Å². The number of anilines is 1. The molecule has 140 valence electrons. The molecule has 2 N–H and O–H groups in total. The third kappa shape index (κ3) is 4.19. The summed E-state index contributed by atoms with van der Waals surface area (Å²) in [6.07, 6.45) is 7.52. The Morgan fingerprint density at radius 1 is 1.04 bits per heavy atom. The van der Waals surface area contributed by atoms with Crippen LogP contribution in [0.5, 0.6) is 0 Å². The number of rotatable bonds is 7. The van der Waals surface area contributed by atoms with Gasteiger partial charge in [-0.2, -0.15) is 0 Å². The van der Waals surface area contributed by atoms with Gasteiger partial charge >= 0.3 is 0 Å². The van der Waals surface area contributed by atoms with Gasteiger partial charge in [0.1, 0.15) is 11.8 Å². The predicted octanol–water partition coefficient (Wildman–Crippen LogP) is 3.44. The summed E-state index contributed by atoms with van der Waals surface area (Å²) >= 11 is 0. The Morgan fingerprint density at radius 2 is 1.96 bits per heavy atom. The van der Waals surface area contributed by atoms with Crippen molar-refractivity contribution in [1.82, 2.24) is 25.3 Å². The third-order valence-corrected chi connectivity index (χ3v) is 5.04. The molecule has 4 heterocycles. The van der Waals surface area contributed by atoms with Crippen LogP contribution in [0, 0.1) is 0 Å². The third-order valence-electron chi connectivity index (χ3n) is 5.04. The van der Waals surface area contributed by atoms with Crippen molar-refractivity contribution in [2.45, 2.75) is 43.9 Å². The average molecular weight is 366 g/mol. The summed E-state index contributed by atoms with van der Waals surface area (Å²) in [6.45, 7) is 0.794. The van der Waals surface area contributed by atoms with Gasteiger partial charge in [-0.1, -0.05) is 12.5 Å². The van der Waals surface area contributed by atoms with Crippen LogP contribution in [0.1, 0.15) is 37.3 Å². The number of alkyl halides is 1. The Hall–Kier alpha value is -2.67. The van der Waals surface area contributed by atoms with E-state index in [1.54, 1.807) is 18.7 Å². The minimum Gasteiger partial charge on any atom is -0.368 e. The van der Waals surface area contributed by atoms with Gasteiger partial charge in [0.2, 0.25) is 0 Å². The molecule has 0 aliphatic carbocycles. The van der Waals surface area contributed by atoms with Crippen molar-refractivity contribution in [3.05, 3.63) is 54.7 Å². The van der Waals surface area contributed by atoms with E-state index in [0.717, 1.165) is 48.4 Å². The molecule has 1 fully saturated rings. The Bertz CT molecular complexity index is 869. The van der Waals surface area contributed by atoms with Crippen LogP contribution >= 0.6 is 0 Å². The number of hydrogen-bond donors (Lipinski definition) is 2. The topological polar surface area (TPSA) is 75.6 Å². The molecule has 0 bridgehead atoms. The van der Waals surface area contributed by atoms with Crippen LogP contribution in [-0.4, -0.2) is 38.8 Å². The molecule has 1 aliphatic heterocycles. The van der Waals surface area contributed by atoms with Crippen molar-refractivity contribution >= 4 is 16.9 Å². The Morgan fingerprint density at radius 3 is 2.85 bits per heavy atom. The first-order valence-corrected chi connectivity index (χ1v) is 9.42.